The van der Waals surface area contributed by atoms with Gasteiger partial charge in [-0.15, -0.1) is 0 Å². The number of ketones is 1. The van der Waals surface area contributed by atoms with Gasteiger partial charge in [-0.1, -0.05) is 68.4 Å². The molecule has 0 aromatic heterocycles. The fraction of sp³-hybridized carbons (Fsp3) is 0.318. The van der Waals surface area contributed by atoms with Crippen LogP contribution in [0.15, 0.2) is 54.6 Å². The van der Waals surface area contributed by atoms with Crippen molar-refractivity contribution in [2.45, 2.75) is 38.5 Å². The Balaban J connectivity index is 1.83. The van der Waals surface area contributed by atoms with Crippen LogP contribution in [-0.2, 0) is 21.4 Å². The molecule has 0 spiro atoms. The molecule has 0 bridgehead atoms. The van der Waals surface area contributed by atoms with E-state index < -0.39 is 5.41 Å². The van der Waals surface area contributed by atoms with Gasteiger partial charge in [-0.25, -0.2) is 0 Å². The van der Waals surface area contributed by atoms with Crippen LogP contribution < -0.4 is 0 Å². The molecule has 0 N–H and O–H groups in total. The van der Waals surface area contributed by atoms with Crippen LogP contribution in [0.1, 0.15) is 48.2 Å². The fourth-order valence-electron chi connectivity index (χ4n) is 3.59. The standard InChI is InChI=1S/C22H23NO3/c1-3-16-10-12-17(13-11-16)19(24)15-23-20(25)14-22(4-2,21(23)26)18-8-6-5-7-9-18/h5-13H,3-4,14-15H2,1-2H3. The second-order valence-corrected chi connectivity index (χ2v) is 6.74. The van der Waals surface area contributed by atoms with Crippen LogP contribution in [0.2, 0.25) is 0 Å². The van der Waals surface area contributed by atoms with Crippen LogP contribution >= 0.6 is 0 Å². The molecular weight excluding hydrogens is 326 g/mol. The summed E-state index contributed by atoms with van der Waals surface area (Å²) >= 11 is 0. The van der Waals surface area contributed by atoms with Gasteiger partial charge in [0.15, 0.2) is 5.78 Å². The zero-order valence-electron chi connectivity index (χ0n) is 15.2. The molecule has 1 saturated heterocycles. The Morgan fingerprint density at radius 2 is 1.65 bits per heavy atom. The zero-order chi connectivity index (χ0) is 18.7. The molecule has 0 radical (unpaired) electrons. The molecule has 2 amide bonds. The topological polar surface area (TPSA) is 54.5 Å². The van der Waals surface area contributed by atoms with E-state index in [1.807, 2.05) is 56.3 Å². The highest BCUT2D eigenvalue weighted by molar-refractivity contribution is 6.12. The predicted molar refractivity (Wildman–Crippen MR) is 99.9 cm³/mol. The number of imide groups is 1. The van der Waals surface area contributed by atoms with Gasteiger partial charge >= 0.3 is 0 Å². The van der Waals surface area contributed by atoms with Gasteiger partial charge in [-0.05, 0) is 24.0 Å². The Morgan fingerprint density at radius 3 is 2.23 bits per heavy atom. The second-order valence-electron chi connectivity index (χ2n) is 6.74. The van der Waals surface area contributed by atoms with Crippen molar-refractivity contribution in [3.63, 3.8) is 0 Å². The first-order valence-electron chi connectivity index (χ1n) is 9.04. The Kier molecular flexibility index (Phi) is 5.03. The summed E-state index contributed by atoms with van der Waals surface area (Å²) in [5.41, 5.74) is 1.65. The Hall–Kier alpha value is -2.75. The summed E-state index contributed by atoms with van der Waals surface area (Å²) in [4.78, 5) is 39.4. The van der Waals surface area contributed by atoms with Gasteiger partial charge in [-0.2, -0.15) is 0 Å². The lowest BCUT2D eigenvalue weighted by Crippen LogP contribution is -2.40. The summed E-state index contributed by atoms with van der Waals surface area (Å²) in [6, 6.07) is 16.7. The van der Waals surface area contributed by atoms with Crippen LogP contribution in [-0.4, -0.2) is 29.0 Å². The maximum absolute atomic E-state index is 13.1. The van der Waals surface area contributed by atoms with Crippen molar-refractivity contribution in [2.75, 3.05) is 6.54 Å². The molecule has 1 aliphatic heterocycles. The number of hydrogen-bond donors (Lipinski definition) is 0. The van der Waals surface area contributed by atoms with E-state index in [1.54, 1.807) is 12.1 Å². The number of carbonyl (C=O) groups is 3. The van der Waals surface area contributed by atoms with E-state index in [0.717, 1.165) is 22.4 Å². The Morgan fingerprint density at radius 1 is 1.00 bits per heavy atom. The highest BCUT2D eigenvalue weighted by atomic mass is 16.2. The Labute approximate surface area is 153 Å². The lowest BCUT2D eigenvalue weighted by Gasteiger charge is -2.25. The normalized spacial score (nSPS) is 19.8. The number of Topliss-reactive ketones (excluding diaryl/α,β-unsaturated/α-hetero) is 1. The highest BCUT2D eigenvalue weighted by Gasteiger charge is 2.51. The van der Waals surface area contributed by atoms with Crippen LogP contribution in [0.3, 0.4) is 0 Å². The molecule has 134 valence electrons. The first-order valence-corrected chi connectivity index (χ1v) is 9.04. The minimum absolute atomic E-state index is 0.119. The largest absolute Gasteiger partial charge is 0.292 e. The third-order valence-corrected chi connectivity index (χ3v) is 5.32. The molecule has 1 unspecified atom stereocenters. The predicted octanol–water partition coefficient (Wildman–Crippen LogP) is 3.54. The van der Waals surface area contributed by atoms with Crippen molar-refractivity contribution in [3.05, 3.63) is 71.3 Å². The van der Waals surface area contributed by atoms with Gasteiger partial charge in [-0.3, -0.25) is 19.3 Å². The van der Waals surface area contributed by atoms with Crippen LogP contribution in [0, 0.1) is 0 Å². The molecule has 1 atom stereocenters. The number of likely N-dealkylation sites (tertiary alicyclic amines) is 1. The van der Waals surface area contributed by atoms with Crippen molar-refractivity contribution >= 4 is 17.6 Å². The summed E-state index contributed by atoms with van der Waals surface area (Å²) in [6.45, 7) is 3.76. The summed E-state index contributed by atoms with van der Waals surface area (Å²) < 4.78 is 0. The number of hydrogen-bond acceptors (Lipinski definition) is 3. The van der Waals surface area contributed by atoms with Crippen molar-refractivity contribution < 1.29 is 14.4 Å². The van der Waals surface area contributed by atoms with Crippen molar-refractivity contribution in [2.24, 2.45) is 0 Å². The van der Waals surface area contributed by atoms with Crippen molar-refractivity contribution in [1.82, 2.24) is 4.90 Å². The van der Waals surface area contributed by atoms with E-state index in [0.29, 0.717) is 12.0 Å². The number of benzene rings is 2. The van der Waals surface area contributed by atoms with E-state index in [2.05, 4.69) is 0 Å². The third kappa shape index (κ3) is 3.07. The van der Waals surface area contributed by atoms with Gasteiger partial charge in [0.25, 0.3) is 0 Å². The molecule has 1 heterocycles. The van der Waals surface area contributed by atoms with Crippen LogP contribution in [0.25, 0.3) is 0 Å². The zero-order valence-corrected chi connectivity index (χ0v) is 15.2. The highest BCUT2D eigenvalue weighted by Crippen LogP contribution is 2.39. The number of nitrogens with zero attached hydrogens (tertiary/aromatic N) is 1. The lowest BCUT2D eigenvalue weighted by molar-refractivity contribution is -0.139. The van der Waals surface area contributed by atoms with E-state index in [-0.39, 0.29) is 30.6 Å². The number of aryl methyl sites for hydroxylation is 1. The van der Waals surface area contributed by atoms with Gasteiger partial charge in [0.2, 0.25) is 11.8 Å². The molecule has 1 aliphatic rings. The molecule has 0 aliphatic carbocycles. The number of carbonyl (C=O) groups excluding carboxylic acids is 3. The van der Waals surface area contributed by atoms with Gasteiger partial charge in [0.1, 0.15) is 0 Å². The van der Waals surface area contributed by atoms with Crippen LogP contribution in [0.4, 0.5) is 0 Å². The lowest BCUT2D eigenvalue weighted by atomic mass is 9.76. The maximum atomic E-state index is 13.1. The van der Waals surface area contributed by atoms with E-state index in [9.17, 15) is 14.4 Å². The SMILES string of the molecule is CCc1ccc(C(=O)CN2C(=O)CC(CC)(c3ccccc3)C2=O)cc1. The fourth-order valence-corrected chi connectivity index (χ4v) is 3.59. The molecule has 2 aromatic carbocycles. The van der Waals surface area contributed by atoms with Crippen molar-refractivity contribution in [3.8, 4) is 0 Å². The minimum Gasteiger partial charge on any atom is -0.292 e. The van der Waals surface area contributed by atoms with Crippen LogP contribution in [0.5, 0.6) is 0 Å². The number of rotatable bonds is 6. The molecule has 0 saturated carbocycles. The van der Waals surface area contributed by atoms with E-state index in [4.69, 9.17) is 0 Å². The molecule has 4 heteroatoms. The third-order valence-electron chi connectivity index (χ3n) is 5.32. The summed E-state index contributed by atoms with van der Waals surface area (Å²) in [6.07, 6.45) is 1.54. The summed E-state index contributed by atoms with van der Waals surface area (Å²) in [5, 5.41) is 0. The Bertz CT molecular complexity index is 826. The first-order chi connectivity index (χ1) is 12.5. The summed E-state index contributed by atoms with van der Waals surface area (Å²) in [7, 11) is 0. The average molecular weight is 349 g/mol. The second kappa shape index (κ2) is 7.24. The maximum Gasteiger partial charge on any atom is 0.240 e. The van der Waals surface area contributed by atoms with Gasteiger partial charge in [0, 0.05) is 12.0 Å². The first kappa shape index (κ1) is 18.1. The quantitative estimate of drug-likeness (QED) is 0.592. The van der Waals surface area contributed by atoms with Gasteiger partial charge < -0.3 is 0 Å². The van der Waals surface area contributed by atoms with E-state index in [1.165, 1.54) is 0 Å². The van der Waals surface area contributed by atoms with Gasteiger partial charge in [0.05, 0.1) is 12.0 Å². The molecule has 26 heavy (non-hydrogen) atoms. The minimum atomic E-state index is -0.856. The number of amides is 2. The average Bonchev–Trinajstić information content (AvgIpc) is 2.93. The molecule has 2 aromatic rings. The smallest absolute Gasteiger partial charge is 0.240 e. The molecule has 1 fully saturated rings. The summed E-state index contributed by atoms with van der Waals surface area (Å²) in [5.74, 6) is -0.761. The molecule has 3 rings (SSSR count). The molecule has 4 nitrogen and oxygen atoms in total. The van der Waals surface area contributed by atoms with Crippen molar-refractivity contribution in [1.29, 1.82) is 0 Å². The monoisotopic (exact) mass is 349 g/mol. The molecular formula is C22H23NO3. The van der Waals surface area contributed by atoms with E-state index >= 15 is 0 Å².